The van der Waals surface area contributed by atoms with Crippen LogP contribution in [0.2, 0.25) is 0 Å². The van der Waals surface area contributed by atoms with Crippen LogP contribution in [0.5, 0.6) is 0 Å². The van der Waals surface area contributed by atoms with Gasteiger partial charge in [0, 0.05) is 5.54 Å². The van der Waals surface area contributed by atoms with Crippen molar-refractivity contribution < 1.29 is 0 Å². The van der Waals surface area contributed by atoms with Crippen LogP contribution in [0.25, 0.3) is 0 Å². The Morgan fingerprint density at radius 2 is 2.14 bits per heavy atom. The highest BCUT2D eigenvalue weighted by atomic mass is 15.0. The van der Waals surface area contributed by atoms with Crippen molar-refractivity contribution >= 4 is 0 Å². The highest BCUT2D eigenvalue weighted by Crippen LogP contribution is 2.41. The van der Waals surface area contributed by atoms with E-state index in [-0.39, 0.29) is 0 Å². The topological polar surface area (TPSA) is 12.0 Å². The summed E-state index contributed by atoms with van der Waals surface area (Å²) in [6.45, 7) is 6.07. The van der Waals surface area contributed by atoms with E-state index in [4.69, 9.17) is 0 Å². The Hall–Kier alpha value is -0.0400. The lowest BCUT2D eigenvalue weighted by molar-refractivity contribution is 0.147. The van der Waals surface area contributed by atoms with Gasteiger partial charge in [-0.3, -0.25) is 0 Å². The Labute approximate surface area is 88.7 Å². The molecule has 1 heterocycles. The maximum atomic E-state index is 3.81. The number of hydrogen-bond acceptors (Lipinski definition) is 1. The number of hydrogen-bond donors (Lipinski definition) is 1. The van der Waals surface area contributed by atoms with Gasteiger partial charge in [0.05, 0.1) is 0 Å². The van der Waals surface area contributed by atoms with Crippen LogP contribution < -0.4 is 5.32 Å². The van der Waals surface area contributed by atoms with Crippen molar-refractivity contribution in [2.75, 3.05) is 6.54 Å². The Morgan fingerprint density at radius 3 is 2.71 bits per heavy atom. The van der Waals surface area contributed by atoms with Crippen LogP contribution in [0.4, 0.5) is 0 Å². The van der Waals surface area contributed by atoms with Gasteiger partial charge < -0.3 is 5.32 Å². The minimum Gasteiger partial charge on any atom is -0.311 e. The first-order chi connectivity index (χ1) is 6.77. The minimum atomic E-state index is 0.536. The summed E-state index contributed by atoms with van der Waals surface area (Å²) in [7, 11) is 0. The predicted octanol–water partition coefficient (Wildman–Crippen LogP) is 3.34. The predicted molar refractivity (Wildman–Crippen MR) is 61.4 cm³/mol. The van der Waals surface area contributed by atoms with E-state index in [1.807, 2.05) is 0 Å². The molecule has 2 rings (SSSR count). The van der Waals surface area contributed by atoms with E-state index >= 15 is 0 Å². The smallest absolute Gasteiger partial charge is 0.0207 e. The number of nitrogens with one attached hydrogen (secondary N) is 1. The molecule has 0 bridgehead atoms. The fraction of sp³-hybridized carbons (Fsp3) is 1.00. The van der Waals surface area contributed by atoms with E-state index in [1.165, 1.54) is 51.5 Å². The van der Waals surface area contributed by atoms with Gasteiger partial charge in [0.15, 0.2) is 0 Å². The molecule has 1 heteroatoms. The van der Waals surface area contributed by atoms with Gasteiger partial charge in [0.1, 0.15) is 0 Å². The Balaban J connectivity index is 2.03. The summed E-state index contributed by atoms with van der Waals surface area (Å²) < 4.78 is 0. The highest BCUT2D eigenvalue weighted by Gasteiger charge is 2.40. The molecule has 2 fully saturated rings. The first kappa shape index (κ1) is 10.5. The van der Waals surface area contributed by atoms with Crippen molar-refractivity contribution in [2.45, 2.75) is 64.3 Å². The van der Waals surface area contributed by atoms with Crippen LogP contribution in [-0.4, -0.2) is 12.1 Å². The molecule has 0 aromatic carbocycles. The summed E-state index contributed by atoms with van der Waals surface area (Å²) in [5.41, 5.74) is 0.536. The molecule has 1 N–H and O–H groups in total. The van der Waals surface area contributed by atoms with Gasteiger partial charge in [-0.05, 0) is 50.5 Å². The first-order valence-electron chi connectivity index (χ1n) is 6.52. The average Bonchev–Trinajstić information content (AvgIpc) is 2.67. The lowest BCUT2D eigenvalue weighted by Gasteiger charge is -2.41. The van der Waals surface area contributed by atoms with Crippen LogP contribution >= 0.6 is 0 Å². The minimum absolute atomic E-state index is 0.536. The first-order valence-corrected chi connectivity index (χ1v) is 6.52. The van der Waals surface area contributed by atoms with Gasteiger partial charge in [-0.1, -0.05) is 26.7 Å². The average molecular weight is 195 g/mol. The molecule has 0 spiro atoms. The molecule has 0 radical (unpaired) electrons. The highest BCUT2D eigenvalue weighted by molar-refractivity contribution is 4.98. The zero-order valence-corrected chi connectivity index (χ0v) is 9.81. The lowest BCUT2D eigenvalue weighted by atomic mass is 9.70. The molecule has 1 aliphatic carbocycles. The van der Waals surface area contributed by atoms with Crippen molar-refractivity contribution in [3.8, 4) is 0 Å². The second kappa shape index (κ2) is 4.22. The SMILES string of the molecule is CCC1(C2CCCC(C)C2)CCCN1. The van der Waals surface area contributed by atoms with Crippen molar-refractivity contribution in [2.24, 2.45) is 11.8 Å². The maximum Gasteiger partial charge on any atom is 0.0207 e. The third kappa shape index (κ3) is 1.84. The molecule has 1 saturated carbocycles. The molecule has 0 aromatic heterocycles. The van der Waals surface area contributed by atoms with Crippen LogP contribution in [0, 0.1) is 11.8 Å². The normalized spacial score (nSPS) is 44.1. The monoisotopic (exact) mass is 195 g/mol. The largest absolute Gasteiger partial charge is 0.311 e. The third-order valence-electron chi connectivity index (χ3n) is 4.63. The summed E-state index contributed by atoms with van der Waals surface area (Å²) >= 11 is 0. The van der Waals surface area contributed by atoms with E-state index in [2.05, 4.69) is 19.2 Å². The zero-order chi connectivity index (χ0) is 10.0. The van der Waals surface area contributed by atoms with Gasteiger partial charge in [-0.15, -0.1) is 0 Å². The van der Waals surface area contributed by atoms with E-state index in [0.29, 0.717) is 5.54 Å². The fourth-order valence-electron chi connectivity index (χ4n) is 3.70. The second-order valence-electron chi connectivity index (χ2n) is 5.51. The molecular weight excluding hydrogens is 170 g/mol. The quantitative estimate of drug-likeness (QED) is 0.712. The summed E-state index contributed by atoms with van der Waals surface area (Å²) in [5.74, 6) is 1.94. The van der Waals surface area contributed by atoms with Gasteiger partial charge in [0.2, 0.25) is 0 Å². The summed E-state index contributed by atoms with van der Waals surface area (Å²) in [5, 5.41) is 3.81. The summed E-state index contributed by atoms with van der Waals surface area (Å²) in [6.07, 6.45) is 10.1. The molecule has 0 amide bonds. The van der Waals surface area contributed by atoms with Crippen LogP contribution in [0.3, 0.4) is 0 Å². The molecule has 3 atom stereocenters. The fourth-order valence-corrected chi connectivity index (χ4v) is 3.70. The zero-order valence-electron chi connectivity index (χ0n) is 9.81. The maximum absolute atomic E-state index is 3.81. The molecule has 1 aliphatic heterocycles. The summed E-state index contributed by atoms with van der Waals surface area (Å²) in [4.78, 5) is 0. The Kier molecular flexibility index (Phi) is 3.16. The van der Waals surface area contributed by atoms with Crippen LogP contribution in [0.15, 0.2) is 0 Å². The van der Waals surface area contributed by atoms with E-state index in [9.17, 15) is 0 Å². The van der Waals surface area contributed by atoms with Gasteiger partial charge in [-0.2, -0.15) is 0 Å². The molecule has 14 heavy (non-hydrogen) atoms. The van der Waals surface area contributed by atoms with Crippen molar-refractivity contribution in [3.63, 3.8) is 0 Å². The summed E-state index contributed by atoms with van der Waals surface area (Å²) in [6, 6.07) is 0. The van der Waals surface area contributed by atoms with Gasteiger partial charge >= 0.3 is 0 Å². The molecule has 3 unspecified atom stereocenters. The van der Waals surface area contributed by atoms with Crippen LogP contribution in [0.1, 0.15) is 58.8 Å². The molecular formula is C13H25N. The van der Waals surface area contributed by atoms with E-state index in [0.717, 1.165) is 11.8 Å². The van der Waals surface area contributed by atoms with Crippen molar-refractivity contribution in [3.05, 3.63) is 0 Å². The van der Waals surface area contributed by atoms with Crippen LogP contribution in [-0.2, 0) is 0 Å². The Bertz CT molecular complexity index is 182. The van der Waals surface area contributed by atoms with Gasteiger partial charge in [-0.25, -0.2) is 0 Å². The molecule has 82 valence electrons. The number of rotatable bonds is 2. The third-order valence-corrected chi connectivity index (χ3v) is 4.63. The molecule has 0 aromatic rings. The standard InChI is InChI=1S/C13H25N/c1-3-13(8-5-9-14-13)12-7-4-6-11(2)10-12/h11-12,14H,3-10H2,1-2H3. The van der Waals surface area contributed by atoms with Gasteiger partial charge in [0.25, 0.3) is 0 Å². The lowest BCUT2D eigenvalue weighted by Crippen LogP contribution is -2.47. The van der Waals surface area contributed by atoms with Crippen molar-refractivity contribution in [1.29, 1.82) is 0 Å². The Morgan fingerprint density at radius 1 is 1.29 bits per heavy atom. The second-order valence-corrected chi connectivity index (χ2v) is 5.51. The molecule has 2 aliphatic rings. The van der Waals surface area contributed by atoms with E-state index in [1.54, 1.807) is 0 Å². The van der Waals surface area contributed by atoms with Crippen molar-refractivity contribution in [1.82, 2.24) is 5.32 Å². The molecule has 1 nitrogen and oxygen atoms in total. The van der Waals surface area contributed by atoms with E-state index < -0.39 is 0 Å². The molecule has 1 saturated heterocycles.